The van der Waals surface area contributed by atoms with Crippen LogP contribution in [-0.4, -0.2) is 35.6 Å². The molecule has 2 atom stereocenters. The Morgan fingerprint density at radius 3 is 3.00 bits per heavy atom. The van der Waals surface area contributed by atoms with E-state index in [0.29, 0.717) is 11.3 Å². The van der Waals surface area contributed by atoms with Crippen LogP contribution in [0.15, 0.2) is 16.6 Å². The van der Waals surface area contributed by atoms with Gasteiger partial charge in [0.05, 0.1) is 13.2 Å². The van der Waals surface area contributed by atoms with Crippen LogP contribution in [0.3, 0.4) is 0 Å². The molecule has 0 aliphatic carbocycles. The molecule has 0 bridgehead atoms. The van der Waals surface area contributed by atoms with Gasteiger partial charge in [0.15, 0.2) is 11.5 Å². The molecule has 2 fully saturated rings. The number of piperidine rings is 1. The molecule has 0 saturated carbocycles. The molecule has 108 valence electrons. The number of hydrogen-bond donors (Lipinski definition) is 2. The Labute approximate surface area is 126 Å². The molecule has 2 N–H and O–H groups in total. The number of fused-ring (bicyclic) bond motifs is 1. The molecular weight excluding hydrogens is 324 g/mol. The van der Waals surface area contributed by atoms with Crippen LogP contribution < -0.4 is 10.1 Å². The quantitative estimate of drug-likeness (QED) is 0.865. The minimum absolute atomic E-state index is 0.0491. The summed E-state index contributed by atoms with van der Waals surface area (Å²) in [5.41, 5.74) is 0.675. The van der Waals surface area contributed by atoms with Gasteiger partial charge in [-0.15, -0.1) is 0 Å². The number of nitrogens with one attached hydrogen (secondary N) is 1. The normalized spacial score (nSPS) is 26.2. The van der Waals surface area contributed by atoms with Crippen LogP contribution in [0.2, 0.25) is 0 Å². The van der Waals surface area contributed by atoms with Crippen molar-refractivity contribution < 1.29 is 14.6 Å². The molecule has 1 aromatic rings. The van der Waals surface area contributed by atoms with Gasteiger partial charge in [0.25, 0.3) is 0 Å². The number of carbonyl (C=O) groups is 1. The molecule has 0 spiro atoms. The van der Waals surface area contributed by atoms with E-state index in [1.165, 1.54) is 7.11 Å². The Bertz CT molecular complexity index is 549. The van der Waals surface area contributed by atoms with E-state index in [1.54, 1.807) is 6.07 Å². The Kier molecular flexibility index (Phi) is 3.60. The molecular formula is C14H17BrN2O3. The van der Waals surface area contributed by atoms with Crippen molar-refractivity contribution in [1.82, 2.24) is 10.2 Å². The number of halogens is 1. The summed E-state index contributed by atoms with van der Waals surface area (Å²) in [6, 6.07) is 3.47. The Hall–Kier alpha value is -1.27. The molecule has 6 heteroatoms. The minimum atomic E-state index is -0.279. The van der Waals surface area contributed by atoms with Crippen LogP contribution in [0.4, 0.5) is 0 Å². The summed E-state index contributed by atoms with van der Waals surface area (Å²) in [7, 11) is 1.52. The molecule has 0 aromatic heterocycles. The first-order chi connectivity index (χ1) is 9.61. The predicted molar refractivity (Wildman–Crippen MR) is 77.6 cm³/mol. The summed E-state index contributed by atoms with van der Waals surface area (Å²) in [4.78, 5) is 14.2. The zero-order valence-corrected chi connectivity index (χ0v) is 12.8. The summed E-state index contributed by atoms with van der Waals surface area (Å²) in [6.45, 7) is 0.863. The molecule has 2 aliphatic heterocycles. The second kappa shape index (κ2) is 5.26. The summed E-state index contributed by atoms with van der Waals surface area (Å²) in [5, 5.41) is 13.3. The highest BCUT2D eigenvalue weighted by atomic mass is 79.9. The molecule has 0 radical (unpaired) electrons. The van der Waals surface area contributed by atoms with E-state index >= 15 is 0 Å². The lowest BCUT2D eigenvalue weighted by molar-refractivity contribution is -0.122. The fourth-order valence-electron chi connectivity index (χ4n) is 3.07. The van der Waals surface area contributed by atoms with Gasteiger partial charge in [-0.05, 0) is 25.0 Å². The minimum Gasteiger partial charge on any atom is -0.504 e. The highest BCUT2D eigenvalue weighted by Gasteiger charge is 2.42. The first-order valence-electron chi connectivity index (χ1n) is 6.74. The topological polar surface area (TPSA) is 61.8 Å². The van der Waals surface area contributed by atoms with Crippen LogP contribution >= 0.6 is 15.9 Å². The number of phenols is 1. The molecule has 5 nitrogen and oxygen atoms in total. The molecule has 1 amide bonds. The van der Waals surface area contributed by atoms with E-state index in [0.717, 1.165) is 30.3 Å². The molecule has 2 aliphatic rings. The fourth-order valence-corrected chi connectivity index (χ4v) is 3.53. The monoisotopic (exact) mass is 340 g/mol. The van der Waals surface area contributed by atoms with E-state index in [4.69, 9.17) is 4.74 Å². The van der Waals surface area contributed by atoms with Crippen LogP contribution in [-0.2, 0) is 4.79 Å². The Balaban J connectivity index is 2.00. The Morgan fingerprint density at radius 2 is 2.25 bits per heavy atom. The standard InChI is InChI=1S/C14H17BrN2O3/c1-20-11-7-8(15)6-9(12(11)18)13-16-14(19)10-4-2-3-5-17(10)13/h6-7,10,13,18H,2-5H2,1H3,(H,16,19). The third-order valence-electron chi connectivity index (χ3n) is 4.04. The smallest absolute Gasteiger partial charge is 0.238 e. The summed E-state index contributed by atoms with van der Waals surface area (Å²) in [6.07, 6.45) is 2.76. The maximum absolute atomic E-state index is 12.1. The largest absolute Gasteiger partial charge is 0.504 e. The first-order valence-corrected chi connectivity index (χ1v) is 7.53. The van der Waals surface area contributed by atoms with Gasteiger partial charge >= 0.3 is 0 Å². The van der Waals surface area contributed by atoms with Crippen molar-refractivity contribution in [2.75, 3.05) is 13.7 Å². The van der Waals surface area contributed by atoms with E-state index in [-0.39, 0.29) is 23.9 Å². The first kappa shape index (κ1) is 13.7. The van der Waals surface area contributed by atoms with E-state index in [2.05, 4.69) is 26.1 Å². The number of phenolic OH excluding ortho intramolecular Hbond substituents is 1. The summed E-state index contributed by atoms with van der Waals surface area (Å²) >= 11 is 3.42. The lowest BCUT2D eigenvalue weighted by Gasteiger charge is -2.31. The SMILES string of the molecule is COc1cc(Br)cc(C2NC(=O)C3CCCCN32)c1O. The molecule has 20 heavy (non-hydrogen) atoms. The van der Waals surface area contributed by atoms with Gasteiger partial charge in [0, 0.05) is 16.6 Å². The number of benzene rings is 1. The number of nitrogens with zero attached hydrogens (tertiary/aromatic N) is 1. The zero-order valence-electron chi connectivity index (χ0n) is 11.2. The number of hydrogen-bond acceptors (Lipinski definition) is 4. The van der Waals surface area contributed by atoms with Crippen LogP contribution in [0.5, 0.6) is 11.5 Å². The fraction of sp³-hybridized carbons (Fsp3) is 0.500. The second-order valence-corrected chi connectivity index (χ2v) is 6.12. The van der Waals surface area contributed by atoms with E-state index < -0.39 is 0 Å². The maximum atomic E-state index is 12.1. The molecule has 1 aromatic carbocycles. The highest BCUT2D eigenvalue weighted by Crippen LogP contribution is 2.41. The van der Waals surface area contributed by atoms with Crippen molar-refractivity contribution in [2.24, 2.45) is 0 Å². The lowest BCUT2D eigenvalue weighted by atomic mass is 10.0. The van der Waals surface area contributed by atoms with Crippen molar-refractivity contribution in [2.45, 2.75) is 31.5 Å². The molecule has 2 heterocycles. The van der Waals surface area contributed by atoms with E-state index in [9.17, 15) is 9.90 Å². The van der Waals surface area contributed by atoms with Crippen molar-refractivity contribution in [3.8, 4) is 11.5 Å². The Morgan fingerprint density at radius 1 is 1.45 bits per heavy atom. The predicted octanol–water partition coefficient (Wildman–Crippen LogP) is 2.15. The number of amides is 1. The van der Waals surface area contributed by atoms with E-state index in [1.807, 2.05) is 6.07 Å². The highest BCUT2D eigenvalue weighted by molar-refractivity contribution is 9.10. The lowest BCUT2D eigenvalue weighted by Crippen LogP contribution is -2.38. The number of rotatable bonds is 2. The average Bonchev–Trinajstić information content (AvgIpc) is 2.79. The number of carbonyl (C=O) groups excluding carboxylic acids is 1. The average molecular weight is 341 g/mol. The maximum Gasteiger partial charge on any atom is 0.238 e. The third kappa shape index (κ3) is 2.16. The summed E-state index contributed by atoms with van der Waals surface area (Å²) in [5.74, 6) is 0.546. The van der Waals surface area contributed by atoms with Gasteiger partial charge in [0.1, 0.15) is 6.17 Å². The van der Waals surface area contributed by atoms with Gasteiger partial charge < -0.3 is 15.2 Å². The van der Waals surface area contributed by atoms with Crippen LogP contribution in [0.1, 0.15) is 31.0 Å². The van der Waals surface area contributed by atoms with Crippen molar-refractivity contribution >= 4 is 21.8 Å². The number of ether oxygens (including phenoxy) is 1. The number of methoxy groups -OCH3 is 1. The van der Waals surface area contributed by atoms with Crippen LogP contribution in [0, 0.1) is 0 Å². The van der Waals surface area contributed by atoms with Gasteiger partial charge in [-0.2, -0.15) is 0 Å². The van der Waals surface area contributed by atoms with Crippen molar-refractivity contribution in [3.63, 3.8) is 0 Å². The van der Waals surface area contributed by atoms with Gasteiger partial charge in [-0.1, -0.05) is 22.4 Å². The van der Waals surface area contributed by atoms with Crippen molar-refractivity contribution in [1.29, 1.82) is 0 Å². The van der Waals surface area contributed by atoms with Gasteiger partial charge in [-0.3, -0.25) is 9.69 Å². The molecule has 3 rings (SSSR count). The van der Waals surface area contributed by atoms with Gasteiger partial charge in [-0.25, -0.2) is 0 Å². The zero-order chi connectivity index (χ0) is 14.3. The van der Waals surface area contributed by atoms with Crippen molar-refractivity contribution in [3.05, 3.63) is 22.2 Å². The third-order valence-corrected chi connectivity index (χ3v) is 4.50. The molecule has 2 saturated heterocycles. The number of aromatic hydroxyl groups is 1. The summed E-state index contributed by atoms with van der Waals surface area (Å²) < 4.78 is 5.99. The second-order valence-electron chi connectivity index (χ2n) is 5.21. The molecule has 2 unspecified atom stereocenters. The van der Waals surface area contributed by atoms with Crippen LogP contribution in [0.25, 0.3) is 0 Å². The van der Waals surface area contributed by atoms with Gasteiger partial charge in [0.2, 0.25) is 5.91 Å².